The van der Waals surface area contributed by atoms with Crippen LogP contribution in [0.3, 0.4) is 0 Å². The van der Waals surface area contributed by atoms with E-state index in [0.29, 0.717) is 18.8 Å². The molecule has 3 rings (SSSR count). The Hall–Kier alpha value is -1.39. The summed E-state index contributed by atoms with van der Waals surface area (Å²) >= 11 is 9.28. The lowest BCUT2D eigenvalue weighted by molar-refractivity contribution is 0.628. The van der Waals surface area contributed by atoms with Gasteiger partial charge in [-0.1, -0.05) is 28.1 Å². The number of halogens is 3. The Bertz CT molecular complexity index is 768. The molecule has 0 aliphatic heterocycles. The fourth-order valence-corrected chi connectivity index (χ4v) is 2.80. The smallest absolute Gasteiger partial charge is 0.125 e. The predicted molar refractivity (Wildman–Crippen MR) is 87.4 cm³/mol. The van der Waals surface area contributed by atoms with Gasteiger partial charge in [0.25, 0.3) is 0 Å². The molecule has 0 atom stereocenters. The summed E-state index contributed by atoms with van der Waals surface area (Å²) in [6.07, 6.45) is 0.661. The first-order valence-electron chi connectivity index (χ1n) is 6.62. The minimum Gasteiger partial charge on any atom is -0.323 e. The van der Waals surface area contributed by atoms with Gasteiger partial charge in [0.15, 0.2) is 0 Å². The van der Waals surface area contributed by atoms with Gasteiger partial charge in [-0.15, -0.1) is 11.6 Å². The molecule has 108 valence electrons. The predicted octanol–water partition coefficient (Wildman–Crippen LogP) is 4.77. The molecule has 5 heteroatoms. The van der Waals surface area contributed by atoms with Crippen molar-refractivity contribution in [2.24, 2.45) is 0 Å². The highest BCUT2D eigenvalue weighted by atomic mass is 79.9. The Labute approximate surface area is 135 Å². The van der Waals surface area contributed by atoms with Crippen LogP contribution in [0.25, 0.3) is 11.0 Å². The standard InChI is InChI=1S/C16H13BrClFN2/c17-12-3-1-11(2-4-12)10-21-15-9-13(19)5-6-14(15)20-16(21)7-8-18/h1-6,9H,7-8,10H2. The van der Waals surface area contributed by atoms with Crippen molar-refractivity contribution in [1.82, 2.24) is 9.55 Å². The first-order chi connectivity index (χ1) is 10.2. The van der Waals surface area contributed by atoms with Gasteiger partial charge in [-0.05, 0) is 35.9 Å². The van der Waals surface area contributed by atoms with E-state index in [4.69, 9.17) is 11.6 Å². The average molecular weight is 368 g/mol. The van der Waals surface area contributed by atoms with Crippen molar-refractivity contribution in [3.63, 3.8) is 0 Å². The lowest BCUT2D eigenvalue weighted by Crippen LogP contribution is -2.06. The molecule has 0 spiro atoms. The Balaban J connectivity index is 2.07. The maximum Gasteiger partial charge on any atom is 0.125 e. The Morgan fingerprint density at radius 2 is 1.90 bits per heavy atom. The van der Waals surface area contributed by atoms with Gasteiger partial charge < -0.3 is 4.57 Å². The van der Waals surface area contributed by atoms with Crippen LogP contribution in [0, 0.1) is 5.82 Å². The Kier molecular flexibility index (Phi) is 4.27. The number of aryl methyl sites for hydroxylation is 1. The zero-order valence-electron chi connectivity index (χ0n) is 11.2. The van der Waals surface area contributed by atoms with Crippen LogP contribution in [0.1, 0.15) is 11.4 Å². The molecule has 0 saturated heterocycles. The quantitative estimate of drug-likeness (QED) is 0.608. The van der Waals surface area contributed by atoms with Crippen molar-refractivity contribution in [3.8, 4) is 0 Å². The third kappa shape index (κ3) is 3.11. The number of imidazole rings is 1. The van der Waals surface area contributed by atoms with Crippen LogP contribution in [0.5, 0.6) is 0 Å². The van der Waals surface area contributed by atoms with Gasteiger partial charge in [-0.3, -0.25) is 0 Å². The number of hydrogen-bond acceptors (Lipinski definition) is 1. The number of nitrogens with zero attached hydrogens (tertiary/aromatic N) is 2. The van der Waals surface area contributed by atoms with Crippen LogP contribution < -0.4 is 0 Å². The molecule has 1 heterocycles. The van der Waals surface area contributed by atoms with Crippen molar-refractivity contribution >= 4 is 38.6 Å². The topological polar surface area (TPSA) is 17.8 Å². The van der Waals surface area contributed by atoms with E-state index in [1.165, 1.54) is 12.1 Å². The van der Waals surface area contributed by atoms with Crippen LogP contribution in [0.2, 0.25) is 0 Å². The lowest BCUT2D eigenvalue weighted by atomic mass is 10.2. The maximum atomic E-state index is 13.5. The first-order valence-corrected chi connectivity index (χ1v) is 7.95. The summed E-state index contributed by atoms with van der Waals surface area (Å²) in [5.74, 6) is 1.12. The minimum absolute atomic E-state index is 0.253. The van der Waals surface area contributed by atoms with Crippen molar-refractivity contribution in [3.05, 3.63) is 64.1 Å². The second kappa shape index (κ2) is 6.16. The highest BCUT2D eigenvalue weighted by molar-refractivity contribution is 9.10. The van der Waals surface area contributed by atoms with Crippen LogP contribution in [0.15, 0.2) is 46.9 Å². The lowest BCUT2D eigenvalue weighted by Gasteiger charge is -2.09. The summed E-state index contributed by atoms with van der Waals surface area (Å²) in [5, 5.41) is 0. The Morgan fingerprint density at radius 1 is 1.14 bits per heavy atom. The number of benzene rings is 2. The van der Waals surface area contributed by atoms with E-state index in [1.54, 1.807) is 6.07 Å². The summed E-state index contributed by atoms with van der Waals surface area (Å²) in [6.45, 7) is 0.652. The van der Waals surface area contributed by atoms with Gasteiger partial charge in [-0.2, -0.15) is 0 Å². The molecular formula is C16H13BrClFN2. The van der Waals surface area contributed by atoms with E-state index in [1.807, 2.05) is 28.8 Å². The molecule has 3 aromatic rings. The van der Waals surface area contributed by atoms with Crippen molar-refractivity contribution < 1.29 is 4.39 Å². The molecule has 0 N–H and O–H groups in total. The van der Waals surface area contributed by atoms with Crippen LogP contribution in [-0.2, 0) is 13.0 Å². The molecule has 0 fully saturated rings. The van der Waals surface area contributed by atoms with E-state index in [9.17, 15) is 4.39 Å². The highest BCUT2D eigenvalue weighted by Crippen LogP contribution is 2.21. The van der Waals surface area contributed by atoms with E-state index in [0.717, 1.165) is 26.9 Å². The third-order valence-electron chi connectivity index (χ3n) is 3.36. The molecule has 0 aliphatic rings. The van der Waals surface area contributed by atoms with Gasteiger partial charge in [0.1, 0.15) is 11.6 Å². The normalized spacial score (nSPS) is 11.2. The van der Waals surface area contributed by atoms with Crippen molar-refractivity contribution in [1.29, 1.82) is 0 Å². The molecule has 2 nitrogen and oxygen atoms in total. The SMILES string of the molecule is Fc1ccc2nc(CCCl)n(Cc3ccc(Br)cc3)c2c1. The molecule has 21 heavy (non-hydrogen) atoms. The van der Waals surface area contributed by atoms with E-state index < -0.39 is 0 Å². The molecule has 2 aromatic carbocycles. The summed E-state index contributed by atoms with van der Waals surface area (Å²) in [6, 6.07) is 12.7. The van der Waals surface area contributed by atoms with E-state index in [2.05, 4.69) is 20.9 Å². The van der Waals surface area contributed by atoms with Crippen LogP contribution >= 0.6 is 27.5 Å². The molecule has 0 bridgehead atoms. The summed E-state index contributed by atoms with van der Waals surface area (Å²) in [7, 11) is 0. The van der Waals surface area contributed by atoms with Gasteiger partial charge in [0, 0.05) is 23.3 Å². The monoisotopic (exact) mass is 366 g/mol. The number of rotatable bonds is 4. The molecule has 0 aliphatic carbocycles. The number of fused-ring (bicyclic) bond motifs is 1. The number of aromatic nitrogens is 2. The van der Waals surface area contributed by atoms with Gasteiger partial charge in [0.05, 0.1) is 11.0 Å². The van der Waals surface area contributed by atoms with E-state index >= 15 is 0 Å². The molecule has 0 radical (unpaired) electrons. The molecule has 0 amide bonds. The molecular weight excluding hydrogens is 355 g/mol. The van der Waals surface area contributed by atoms with E-state index in [-0.39, 0.29) is 5.82 Å². The molecule has 0 unspecified atom stereocenters. The highest BCUT2D eigenvalue weighted by Gasteiger charge is 2.11. The minimum atomic E-state index is -0.253. The second-order valence-electron chi connectivity index (χ2n) is 4.81. The average Bonchev–Trinajstić information content (AvgIpc) is 2.79. The molecule has 1 aromatic heterocycles. The van der Waals surface area contributed by atoms with Crippen molar-refractivity contribution in [2.45, 2.75) is 13.0 Å². The Morgan fingerprint density at radius 3 is 2.62 bits per heavy atom. The van der Waals surface area contributed by atoms with Crippen LogP contribution in [-0.4, -0.2) is 15.4 Å². The second-order valence-corrected chi connectivity index (χ2v) is 6.11. The zero-order chi connectivity index (χ0) is 14.8. The van der Waals surface area contributed by atoms with Crippen molar-refractivity contribution in [2.75, 3.05) is 5.88 Å². The van der Waals surface area contributed by atoms with Gasteiger partial charge >= 0.3 is 0 Å². The first kappa shape index (κ1) is 14.5. The summed E-state index contributed by atoms with van der Waals surface area (Å²) in [4.78, 5) is 4.56. The van der Waals surface area contributed by atoms with Gasteiger partial charge in [-0.25, -0.2) is 9.37 Å². The molecule has 0 saturated carbocycles. The fraction of sp³-hybridized carbons (Fsp3) is 0.188. The maximum absolute atomic E-state index is 13.5. The van der Waals surface area contributed by atoms with Crippen LogP contribution in [0.4, 0.5) is 4.39 Å². The number of alkyl halides is 1. The zero-order valence-corrected chi connectivity index (χ0v) is 13.5. The third-order valence-corrected chi connectivity index (χ3v) is 4.08. The summed E-state index contributed by atoms with van der Waals surface area (Å²) < 4.78 is 16.6. The fourth-order valence-electron chi connectivity index (χ4n) is 2.37. The number of hydrogen-bond donors (Lipinski definition) is 0. The summed E-state index contributed by atoms with van der Waals surface area (Å²) in [5.41, 5.74) is 2.74. The largest absolute Gasteiger partial charge is 0.323 e. The van der Waals surface area contributed by atoms with Gasteiger partial charge in [0.2, 0.25) is 0 Å².